The summed E-state index contributed by atoms with van der Waals surface area (Å²) in [5, 5.41) is 2.65. The zero-order valence-corrected chi connectivity index (χ0v) is 12.6. The first kappa shape index (κ1) is 17.5. The van der Waals surface area contributed by atoms with Gasteiger partial charge in [-0.3, -0.25) is 9.69 Å². The Morgan fingerprint density at radius 1 is 1.43 bits per heavy atom. The first-order chi connectivity index (χ1) is 10.9. The smallest absolute Gasteiger partial charge is 0.371 e. The molecule has 1 aliphatic rings. The molecule has 1 aliphatic heterocycles. The number of carbonyl (C=O) groups is 1. The van der Waals surface area contributed by atoms with Crippen LogP contribution in [0.25, 0.3) is 0 Å². The van der Waals surface area contributed by atoms with Gasteiger partial charge >= 0.3 is 6.18 Å². The van der Waals surface area contributed by atoms with Crippen LogP contribution < -0.4 is 5.32 Å². The number of hydrogen-bond acceptors (Lipinski definition) is 3. The van der Waals surface area contributed by atoms with E-state index in [9.17, 15) is 18.0 Å². The van der Waals surface area contributed by atoms with Crippen molar-refractivity contribution in [1.29, 1.82) is 0 Å². The predicted molar refractivity (Wildman–Crippen MR) is 79.8 cm³/mol. The molecule has 126 valence electrons. The van der Waals surface area contributed by atoms with Gasteiger partial charge in [0.1, 0.15) is 0 Å². The lowest BCUT2D eigenvalue weighted by molar-refractivity contribution is -0.141. The van der Waals surface area contributed by atoms with Crippen LogP contribution >= 0.6 is 0 Å². The van der Waals surface area contributed by atoms with E-state index in [1.165, 1.54) is 12.1 Å². The summed E-state index contributed by atoms with van der Waals surface area (Å²) >= 11 is 0. The van der Waals surface area contributed by atoms with Gasteiger partial charge < -0.3 is 10.1 Å². The molecular formula is C16H19F3N2O2. The molecule has 0 aromatic heterocycles. The third-order valence-corrected chi connectivity index (χ3v) is 3.57. The minimum absolute atomic E-state index is 0.108. The third kappa shape index (κ3) is 4.80. The normalized spacial score (nSPS) is 19.3. The van der Waals surface area contributed by atoms with Gasteiger partial charge in [-0.25, -0.2) is 0 Å². The number of ether oxygens (including phenoxy) is 1. The van der Waals surface area contributed by atoms with E-state index in [1.54, 1.807) is 17.0 Å². The van der Waals surface area contributed by atoms with Crippen LogP contribution in [0.1, 0.15) is 17.2 Å². The van der Waals surface area contributed by atoms with Crippen molar-refractivity contribution in [2.45, 2.75) is 12.3 Å². The molecule has 1 fully saturated rings. The zero-order chi connectivity index (χ0) is 16.9. The van der Waals surface area contributed by atoms with Crippen molar-refractivity contribution in [1.82, 2.24) is 10.2 Å². The Bertz CT molecular complexity index is 561. The van der Waals surface area contributed by atoms with Crippen LogP contribution in [-0.2, 0) is 15.7 Å². The molecule has 0 saturated carbocycles. The number of nitrogens with zero attached hydrogens (tertiary/aromatic N) is 1. The van der Waals surface area contributed by atoms with E-state index in [2.05, 4.69) is 11.9 Å². The van der Waals surface area contributed by atoms with E-state index in [1.807, 2.05) is 0 Å². The van der Waals surface area contributed by atoms with Crippen molar-refractivity contribution in [2.24, 2.45) is 0 Å². The SMILES string of the molecule is C=CCNC(=O)CN1CCOC(c2ccccc2C(F)(F)F)C1. The summed E-state index contributed by atoms with van der Waals surface area (Å²) in [4.78, 5) is 13.5. The van der Waals surface area contributed by atoms with Gasteiger partial charge in [0, 0.05) is 19.6 Å². The van der Waals surface area contributed by atoms with Gasteiger partial charge in [-0.2, -0.15) is 13.2 Å². The number of benzene rings is 1. The molecule has 0 aliphatic carbocycles. The highest BCUT2D eigenvalue weighted by Gasteiger charge is 2.36. The molecule has 1 saturated heterocycles. The number of alkyl halides is 3. The second kappa shape index (κ2) is 7.61. The largest absolute Gasteiger partial charge is 0.416 e. The van der Waals surface area contributed by atoms with Crippen LogP contribution in [0.3, 0.4) is 0 Å². The fourth-order valence-electron chi connectivity index (χ4n) is 2.52. The number of hydrogen-bond donors (Lipinski definition) is 1. The first-order valence-electron chi connectivity index (χ1n) is 7.29. The van der Waals surface area contributed by atoms with Crippen molar-refractivity contribution in [3.63, 3.8) is 0 Å². The second-order valence-electron chi connectivity index (χ2n) is 5.27. The lowest BCUT2D eigenvalue weighted by atomic mass is 10.0. The van der Waals surface area contributed by atoms with Gasteiger partial charge in [0.05, 0.1) is 24.8 Å². The number of rotatable bonds is 5. The molecule has 0 radical (unpaired) electrons. The molecule has 1 heterocycles. The Morgan fingerprint density at radius 2 is 2.17 bits per heavy atom. The fourth-order valence-corrected chi connectivity index (χ4v) is 2.52. The minimum atomic E-state index is -4.43. The molecule has 1 unspecified atom stereocenters. The van der Waals surface area contributed by atoms with E-state index in [0.717, 1.165) is 6.07 Å². The van der Waals surface area contributed by atoms with Gasteiger partial charge in [-0.1, -0.05) is 24.3 Å². The van der Waals surface area contributed by atoms with E-state index in [4.69, 9.17) is 4.74 Å². The number of halogens is 3. The Labute approximate surface area is 132 Å². The van der Waals surface area contributed by atoms with Gasteiger partial charge in [0.25, 0.3) is 0 Å². The highest BCUT2D eigenvalue weighted by molar-refractivity contribution is 5.78. The minimum Gasteiger partial charge on any atom is -0.371 e. The maximum atomic E-state index is 13.1. The van der Waals surface area contributed by atoms with Crippen LogP contribution in [0.2, 0.25) is 0 Å². The summed E-state index contributed by atoms with van der Waals surface area (Å²) in [6, 6.07) is 5.39. The summed E-state index contributed by atoms with van der Waals surface area (Å²) in [7, 11) is 0. The molecule has 1 amide bonds. The first-order valence-corrected chi connectivity index (χ1v) is 7.29. The Kier molecular flexibility index (Phi) is 5.79. The van der Waals surface area contributed by atoms with Crippen molar-refractivity contribution < 1.29 is 22.7 Å². The lowest BCUT2D eigenvalue weighted by Gasteiger charge is -2.33. The second-order valence-corrected chi connectivity index (χ2v) is 5.27. The van der Waals surface area contributed by atoms with Gasteiger partial charge in [0.15, 0.2) is 0 Å². The molecule has 23 heavy (non-hydrogen) atoms. The Morgan fingerprint density at radius 3 is 2.87 bits per heavy atom. The summed E-state index contributed by atoms with van der Waals surface area (Å²) in [6.45, 7) is 5.03. The molecule has 7 heteroatoms. The van der Waals surface area contributed by atoms with Gasteiger partial charge in [-0.15, -0.1) is 6.58 Å². The van der Waals surface area contributed by atoms with Crippen LogP contribution in [0.4, 0.5) is 13.2 Å². The van der Waals surface area contributed by atoms with Crippen LogP contribution in [0, 0.1) is 0 Å². The maximum absolute atomic E-state index is 13.1. The monoisotopic (exact) mass is 328 g/mol. The molecule has 0 bridgehead atoms. The maximum Gasteiger partial charge on any atom is 0.416 e. The molecule has 2 rings (SSSR count). The highest BCUT2D eigenvalue weighted by Crippen LogP contribution is 2.36. The summed E-state index contributed by atoms with van der Waals surface area (Å²) in [6.07, 6.45) is -3.56. The van der Waals surface area contributed by atoms with E-state index in [0.29, 0.717) is 13.1 Å². The van der Waals surface area contributed by atoms with E-state index >= 15 is 0 Å². The molecule has 1 N–H and O–H groups in total. The fraction of sp³-hybridized carbons (Fsp3) is 0.438. The van der Waals surface area contributed by atoms with Crippen molar-refractivity contribution in [3.8, 4) is 0 Å². The number of nitrogens with one attached hydrogen (secondary N) is 1. The van der Waals surface area contributed by atoms with Gasteiger partial charge in [0.2, 0.25) is 5.91 Å². The quantitative estimate of drug-likeness (QED) is 0.844. The average molecular weight is 328 g/mol. The van der Waals surface area contributed by atoms with Crippen molar-refractivity contribution in [3.05, 3.63) is 48.0 Å². The average Bonchev–Trinajstić information content (AvgIpc) is 2.52. The standard InChI is InChI=1S/C16H19F3N2O2/c1-2-7-20-15(22)11-21-8-9-23-14(10-21)12-5-3-4-6-13(12)16(17,18)19/h2-6,14H,1,7-11H2,(H,20,22). The third-order valence-electron chi connectivity index (χ3n) is 3.57. The summed E-state index contributed by atoms with van der Waals surface area (Å²) in [5.41, 5.74) is -0.584. The van der Waals surface area contributed by atoms with Crippen LogP contribution in [0.15, 0.2) is 36.9 Å². The number of amides is 1. The predicted octanol–water partition coefficient (Wildman–Crippen LogP) is 2.38. The molecular weight excluding hydrogens is 309 g/mol. The molecule has 1 aromatic carbocycles. The van der Waals surface area contributed by atoms with E-state index < -0.39 is 17.8 Å². The number of carbonyl (C=O) groups excluding carboxylic acids is 1. The molecule has 4 nitrogen and oxygen atoms in total. The van der Waals surface area contributed by atoms with E-state index in [-0.39, 0.29) is 31.2 Å². The molecule has 1 aromatic rings. The van der Waals surface area contributed by atoms with Crippen molar-refractivity contribution in [2.75, 3.05) is 32.8 Å². The zero-order valence-electron chi connectivity index (χ0n) is 12.6. The molecule has 1 atom stereocenters. The molecule has 0 spiro atoms. The van der Waals surface area contributed by atoms with Crippen molar-refractivity contribution >= 4 is 5.91 Å². The Balaban J connectivity index is 2.07. The lowest BCUT2D eigenvalue weighted by Crippen LogP contribution is -2.44. The van der Waals surface area contributed by atoms with Gasteiger partial charge in [-0.05, 0) is 11.6 Å². The highest BCUT2D eigenvalue weighted by atomic mass is 19.4. The number of morpholine rings is 1. The van der Waals surface area contributed by atoms with Crippen LogP contribution in [-0.4, -0.2) is 43.6 Å². The summed E-state index contributed by atoms with van der Waals surface area (Å²) in [5.74, 6) is -0.186. The topological polar surface area (TPSA) is 41.6 Å². The Hall–Kier alpha value is -1.86. The summed E-state index contributed by atoms with van der Waals surface area (Å²) < 4.78 is 44.8. The van der Waals surface area contributed by atoms with Crippen LogP contribution in [0.5, 0.6) is 0 Å².